The first-order valence-electron chi connectivity index (χ1n) is 4.30. The van der Waals surface area contributed by atoms with Gasteiger partial charge in [-0.05, 0) is 23.8 Å². The van der Waals surface area contributed by atoms with Crippen LogP contribution in [0.3, 0.4) is 0 Å². The number of nitriles is 1. The van der Waals surface area contributed by atoms with Gasteiger partial charge in [0.2, 0.25) is 0 Å². The second-order valence-corrected chi connectivity index (χ2v) is 2.89. The van der Waals surface area contributed by atoms with E-state index in [1.54, 1.807) is 6.07 Å². The largest absolute Gasteiger partial charge is 0.504 e. The molecule has 0 bridgehead atoms. The van der Waals surface area contributed by atoms with Gasteiger partial charge in [0.15, 0.2) is 11.5 Å². The maximum Gasteiger partial charge on any atom is 0.329 e. The van der Waals surface area contributed by atoms with Gasteiger partial charge in [0.1, 0.15) is 6.07 Å². The van der Waals surface area contributed by atoms with E-state index in [0.717, 1.165) is 6.08 Å². The molecule has 2 N–H and O–H groups in total. The Hall–Kier alpha value is -2.48. The van der Waals surface area contributed by atoms with Gasteiger partial charge in [0.25, 0.3) is 0 Å². The molecule has 0 radical (unpaired) electrons. The van der Waals surface area contributed by atoms with Crippen molar-refractivity contribution >= 4 is 11.5 Å². The Labute approximate surface area is 91.8 Å². The summed E-state index contributed by atoms with van der Waals surface area (Å²) in [7, 11) is 1.40. The third-order valence-electron chi connectivity index (χ3n) is 1.88. The molecule has 0 aromatic heterocycles. The topological polar surface area (TPSA) is 90.5 Å². The molecule has 1 aromatic carbocycles. The number of carboxylic acid groups (broad SMARTS) is 1. The molecule has 0 unspecified atom stereocenters. The first kappa shape index (κ1) is 11.6. The highest BCUT2D eigenvalue weighted by atomic mass is 16.5. The van der Waals surface area contributed by atoms with E-state index in [4.69, 9.17) is 15.1 Å². The molecule has 0 aliphatic carbocycles. The molecule has 5 heteroatoms. The van der Waals surface area contributed by atoms with Crippen molar-refractivity contribution in [3.05, 3.63) is 29.8 Å². The second-order valence-electron chi connectivity index (χ2n) is 2.89. The zero-order valence-corrected chi connectivity index (χ0v) is 8.47. The van der Waals surface area contributed by atoms with E-state index in [1.165, 1.54) is 25.3 Å². The van der Waals surface area contributed by atoms with Gasteiger partial charge in [-0.15, -0.1) is 0 Å². The quantitative estimate of drug-likeness (QED) is 0.592. The van der Waals surface area contributed by atoms with Crippen molar-refractivity contribution in [1.82, 2.24) is 0 Å². The summed E-state index contributed by atoms with van der Waals surface area (Å²) in [5.41, 5.74) is 0.286. The number of phenolic OH excluding ortho intramolecular Hbond substituents is 1. The van der Waals surface area contributed by atoms with E-state index in [1.807, 2.05) is 0 Å². The molecule has 5 nitrogen and oxygen atoms in total. The fourth-order valence-corrected chi connectivity index (χ4v) is 1.16. The number of phenols is 1. The Morgan fingerprint density at radius 1 is 1.56 bits per heavy atom. The zero-order valence-electron chi connectivity index (χ0n) is 8.47. The Kier molecular flexibility index (Phi) is 3.51. The van der Waals surface area contributed by atoms with Crippen LogP contribution in [0.1, 0.15) is 5.56 Å². The molecule has 0 heterocycles. The molecule has 0 fully saturated rings. The number of hydrogen-bond donors (Lipinski definition) is 2. The van der Waals surface area contributed by atoms with Gasteiger partial charge in [-0.2, -0.15) is 5.26 Å². The van der Waals surface area contributed by atoms with E-state index in [-0.39, 0.29) is 17.1 Å². The average molecular weight is 219 g/mol. The standard InChI is InChI=1S/C11H9NO4/c1-16-10-3-2-7(4-9(10)13)8(6-12)5-11(14)15/h2-5,13H,1H3,(H,14,15). The van der Waals surface area contributed by atoms with Crippen molar-refractivity contribution in [2.45, 2.75) is 0 Å². The lowest BCUT2D eigenvalue weighted by Gasteiger charge is -2.04. The molecule has 16 heavy (non-hydrogen) atoms. The molecular formula is C11H9NO4. The lowest BCUT2D eigenvalue weighted by molar-refractivity contribution is -0.131. The number of aliphatic carboxylic acids is 1. The smallest absolute Gasteiger partial charge is 0.329 e. The molecule has 0 aliphatic rings. The molecule has 0 saturated heterocycles. The molecule has 1 aromatic rings. The minimum Gasteiger partial charge on any atom is -0.504 e. The van der Waals surface area contributed by atoms with Crippen LogP contribution in [0.4, 0.5) is 0 Å². The van der Waals surface area contributed by atoms with Crippen LogP contribution in [0, 0.1) is 11.3 Å². The summed E-state index contributed by atoms with van der Waals surface area (Å²) in [6.45, 7) is 0. The zero-order chi connectivity index (χ0) is 12.1. The number of hydrogen-bond acceptors (Lipinski definition) is 4. The van der Waals surface area contributed by atoms with E-state index in [9.17, 15) is 9.90 Å². The van der Waals surface area contributed by atoms with Gasteiger partial charge in [0.05, 0.1) is 12.7 Å². The van der Waals surface area contributed by atoms with Crippen molar-refractivity contribution in [1.29, 1.82) is 5.26 Å². The SMILES string of the molecule is COc1ccc(C(C#N)=CC(=O)O)cc1O. The van der Waals surface area contributed by atoms with Gasteiger partial charge < -0.3 is 14.9 Å². The number of carboxylic acids is 1. The summed E-state index contributed by atoms with van der Waals surface area (Å²) in [5, 5.41) is 26.7. The third-order valence-corrected chi connectivity index (χ3v) is 1.88. The van der Waals surface area contributed by atoms with Crippen LogP contribution in [0.2, 0.25) is 0 Å². The van der Waals surface area contributed by atoms with Crippen LogP contribution in [0.15, 0.2) is 24.3 Å². The van der Waals surface area contributed by atoms with Crippen LogP contribution in [0.25, 0.3) is 5.57 Å². The predicted octanol–water partition coefficient (Wildman–Crippen LogP) is 1.39. The summed E-state index contributed by atoms with van der Waals surface area (Å²) in [5.74, 6) is -1.10. The van der Waals surface area contributed by atoms with Crippen molar-refractivity contribution in [3.8, 4) is 17.6 Å². The number of methoxy groups -OCH3 is 1. The summed E-state index contributed by atoms with van der Waals surface area (Å²) in [6.07, 6.45) is 0.779. The molecule has 0 amide bonds. The van der Waals surface area contributed by atoms with Gasteiger partial charge in [0, 0.05) is 6.08 Å². The lowest BCUT2D eigenvalue weighted by Crippen LogP contribution is -1.92. The van der Waals surface area contributed by atoms with Crippen molar-refractivity contribution in [2.75, 3.05) is 7.11 Å². The monoisotopic (exact) mass is 219 g/mol. The van der Waals surface area contributed by atoms with Crippen LogP contribution < -0.4 is 4.74 Å². The van der Waals surface area contributed by atoms with Crippen molar-refractivity contribution < 1.29 is 19.7 Å². The van der Waals surface area contributed by atoms with Crippen LogP contribution in [-0.4, -0.2) is 23.3 Å². The highest BCUT2D eigenvalue weighted by molar-refractivity contribution is 5.94. The lowest BCUT2D eigenvalue weighted by atomic mass is 10.1. The minimum absolute atomic E-state index is 0.0366. The second kappa shape index (κ2) is 4.84. The van der Waals surface area contributed by atoms with Gasteiger partial charge in [-0.3, -0.25) is 0 Å². The molecule has 0 atom stereocenters. The summed E-state index contributed by atoms with van der Waals surface area (Å²) in [4.78, 5) is 10.4. The Bertz CT molecular complexity index is 485. The average Bonchev–Trinajstić information content (AvgIpc) is 2.25. The highest BCUT2D eigenvalue weighted by Gasteiger charge is 2.07. The molecule has 1 rings (SSSR count). The number of allylic oxidation sites excluding steroid dienone is 1. The molecule has 0 aliphatic heterocycles. The summed E-state index contributed by atoms with van der Waals surface area (Å²) < 4.78 is 4.83. The molecule has 82 valence electrons. The first-order valence-corrected chi connectivity index (χ1v) is 4.30. The fraction of sp³-hybridized carbons (Fsp3) is 0.0909. The van der Waals surface area contributed by atoms with Crippen molar-refractivity contribution in [3.63, 3.8) is 0 Å². The van der Waals surface area contributed by atoms with Gasteiger partial charge in [-0.1, -0.05) is 0 Å². The Morgan fingerprint density at radius 2 is 2.25 bits per heavy atom. The minimum atomic E-state index is -1.22. The van der Waals surface area contributed by atoms with Crippen LogP contribution in [0.5, 0.6) is 11.5 Å². The summed E-state index contributed by atoms with van der Waals surface area (Å²) in [6, 6.07) is 5.97. The third kappa shape index (κ3) is 2.51. The van der Waals surface area contributed by atoms with Crippen molar-refractivity contribution in [2.24, 2.45) is 0 Å². The summed E-state index contributed by atoms with van der Waals surface area (Å²) >= 11 is 0. The predicted molar refractivity (Wildman–Crippen MR) is 55.9 cm³/mol. The molecule has 0 saturated carbocycles. The maximum atomic E-state index is 10.4. The Balaban J connectivity index is 3.19. The van der Waals surface area contributed by atoms with Crippen LogP contribution >= 0.6 is 0 Å². The number of aromatic hydroxyl groups is 1. The van der Waals surface area contributed by atoms with E-state index >= 15 is 0 Å². The van der Waals surface area contributed by atoms with Gasteiger partial charge >= 0.3 is 5.97 Å². The Morgan fingerprint density at radius 3 is 2.69 bits per heavy atom. The van der Waals surface area contributed by atoms with E-state index < -0.39 is 5.97 Å². The number of rotatable bonds is 3. The van der Waals surface area contributed by atoms with Gasteiger partial charge in [-0.25, -0.2) is 4.79 Å². The number of carbonyl (C=O) groups is 1. The molecule has 0 spiro atoms. The maximum absolute atomic E-state index is 10.4. The first-order chi connectivity index (χ1) is 7.58. The highest BCUT2D eigenvalue weighted by Crippen LogP contribution is 2.28. The normalized spacial score (nSPS) is 10.6. The van der Waals surface area contributed by atoms with E-state index in [2.05, 4.69) is 0 Å². The number of ether oxygens (including phenoxy) is 1. The number of benzene rings is 1. The van der Waals surface area contributed by atoms with E-state index in [0.29, 0.717) is 5.56 Å². The fourth-order valence-electron chi connectivity index (χ4n) is 1.16. The van der Waals surface area contributed by atoms with Crippen LogP contribution in [-0.2, 0) is 4.79 Å². The number of nitrogens with zero attached hydrogens (tertiary/aromatic N) is 1. The molecular weight excluding hydrogens is 210 g/mol.